The van der Waals surface area contributed by atoms with Gasteiger partial charge in [0, 0.05) is 18.9 Å². The second kappa shape index (κ2) is 6.95. The van der Waals surface area contributed by atoms with E-state index < -0.39 is 0 Å². The van der Waals surface area contributed by atoms with E-state index in [0.29, 0.717) is 17.9 Å². The Labute approximate surface area is 127 Å². The topological polar surface area (TPSA) is 18.5 Å². The van der Waals surface area contributed by atoms with E-state index in [1.165, 1.54) is 17.5 Å². The highest BCUT2D eigenvalue weighted by molar-refractivity contribution is 5.62. The van der Waals surface area contributed by atoms with E-state index in [0.717, 1.165) is 26.1 Å². The molecule has 1 aromatic rings. The first kappa shape index (κ1) is 14.4. The largest absolute Gasteiger partial charge is 0.501 e. The third-order valence-electron chi connectivity index (χ3n) is 4.54. The maximum Gasteiger partial charge on any atom is 0.0897 e. The third kappa shape index (κ3) is 3.38. The molecule has 1 heterocycles. The highest BCUT2D eigenvalue weighted by atomic mass is 16.5. The van der Waals surface area contributed by atoms with Crippen LogP contribution < -0.4 is 0 Å². The molecule has 2 heteroatoms. The predicted molar refractivity (Wildman–Crippen MR) is 86.1 cm³/mol. The maximum absolute atomic E-state index is 5.64. The average molecular weight is 284 g/mol. The molecule has 2 nitrogen and oxygen atoms in total. The van der Waals surface area contributed by atoms with Gasteiger partial charge in [-0.05, 0) is 36.0 Å². The first-order chi connectivity index (χ1) is 10.4. The van der Waals surface area contributed by atoms with Crippen molar-refractivity contribution in [2.75, 3.05) is 13.2 Å². The highest BCUT2D eigenvalue weighted by Crippen LogP contribution is 2.37. The smallest absolute Gasteiger partial charge is 0.0897 e. The van der Waals surface area contributed by atoms with Crippen molar-refractivity contribution in [2.45, 2.75) is 38.2 Å². The van der Waals surface area contributed by atoms with Crippen molar-refractivity contribution in [3.8, 4) is 0 Å². The van der Waals surface area contributed by atoms with Crippen LogP contribution in [0.15, 0.2) is 42.7 Å². The minimum atomic E-state index is 0.435. The van der Waals surface area contributed by atoms with Crippen LogP contribution in [0.25, 0.3) is 6.08 Å². The monoisotopic (exact) mass is 284 g/mol. The van der Waals surface area contributed by atoms with Gasteiger partial charge in [0.25, 0.3) is 0 Å². The van der Waals surface area contributed by atoms with Gasteiger partial charge in [-0.3, -0.25) is 0 Å². The lowest BCUT2D eigenvalue weighted by Crippen LogP contribution is -2.27. The van der Waals surface area contributed by atoms with E-state index >= 15 is 0 Å². The van der Waals surface area contributed by atoms with Crippen LogP contribution in [-0.2, 0) is 9.47 Å². The molecule has 0 radical (unpaired) electrons. The zero-order chi connectivity index (χ0) is 14.5. The van der Waals surface area contributed by atoms with E-state index in [1.54, 1.807) is 0 Å². The molecule has 0 N–H and O–H groups in total. The molecule has 2 aliphatic rings. The summed E-state index contributed by atoms with van der Waals surface area (Å²) in [7, 11) is 0. The molecule has 1 aliphatic carbocycles. The minimum Gasteiger partial charge on any atom is -0.501 e. The first-order valence-electron chi connectivity index (χ1n) is 8.05. The molecule has 112 valence electrons. The molecule has 1 aliphatic heterocycles. The summed E-state index contributed by atoms with van der Waals surface area (Å²) in [6, 6.07) is 8.67. The zero-order valence-corrected chi connectivity index (χ0v) is 12.7. The lowest BCUT2D eigenvalue weighted by Gasteiger charge is -2.25. The number of allylic oxidation sites excluding steroid dienone is 2. The van der Waals surface area contributed by atoms with Gasteiger partial charge < -0.3 is 9.47 Å². The first-order valence-corrected chi connectivity index (χ1v) is 8.05. The van der Waals surface area contributed by atoms with Crippen molar-refractivity contribution in [3.63, 3.8) is 0 Å². The molecule has 1 saturated heterocycles. The van der Waals surface area contributed by atoms with Gasteiger partial charge in [0.05, 0.1) is 19.0 Å². The Kier molecular flexibility index (Phi) is 4.76. The van der Waals surface area contributed by atoms with Gasteiger partial charge in [0.15, 0.2) is 0 Å². The van der Waals surface area contributed by atoms with Crippen molar-refractivity contribution in [1.29, 1.82) is 0 Å². The molecule has 1 fully saturated rings. The molecule has 0 amide bonds. The SMILES string of the molecule is CCC(C=COCCC1CCO1)C1C=Cc2ccccc21. The molecule has 3 unspecified atom stereocenters. The van der Waals surface area contributed by atoms with Gasteiger partial charge in [0.1, 0.15) is 0 Å². The quantitative estimate of drug-likeness (QED) is 0.541. The maximum atomic E-state index is 5.64. The number of rotatable bonds is 7. The van der Waals surface area contributed by atoms with Crippen molar-refractivity contribution >= 4 is 6.08 Å². The number of fused-ring (bicyclic) bond motifs is 1. The molecular formula is C19H24O2. The van der Waals surface area contributed by atoms with E-state index in [4.69, 9.17) is 9.47 Å². The van der Waals surface area contributed by atoms with Crippen LogP contribution >= 0.6 is 0 Å². The molecule has 0 spiro atoms. The molecule has 3 rings (SSSR count). The Morgan fingerprint density at radius 1 is 1.38 bits per heavy atom. The Hall–Kier alpha value is -1.54. The number of hydrogen-bond donors (Lipinski definition) is 0. The van der Waals surface area contributed by atoms with Crippen molar-refractivity contribution < 1.29 is 9.47 Å². The Balaban J connectivity index is 1.52. The van der Waals surface area contributed by atoms with E-state index in [-0.39, 0.29) is 0 Å². The zero-order valence-electron chi connectivity index (χ0n) is 12.7. The third-order valence-corrected chi connectivity index (χ3v) is 4.54. The van der Waals surface area contributed by atoms with E-state index in [2.05, 4.69) is 49.4 Å². The molecule has 3 atom stereocenters. The van der Waals surface area contributed by atoms with Crippen molar-refractivity contribution in [3.05, 3.63) is 53.8 Å². The second-order valence-electron chi connectivity index (χ2n) is 5.86. The predicted octanol–water partition coefficient (Wildman–Crippen LogP) is 4.53. The van der Waals surface area contributed by atoms with Gasteiger partial charge in [-0.15, -0.1) is 0 Å². The fourth-order valence-corrected chi connectivity index (χ4v) is 3.10. The fourth-order valence-electron chi connectivity index (χ4n) is 3.10. The molecule has 0 saturated carbocycles. The number of hydrogen-bond acceptors (Lipinski definition) is 2. The van der Waals surface area contributed by atoms with Crippen LogP contribution in [0, 0.1) is 5.92 Å². The van der Waals surface area contributed by atoms with Crippen LogP contribution in [0.2, 0.25) is 0 Å². The normalized spacial score (nSPS) is 24.8. The lowest BCUT2D eigenvalue weighted by atomic mass is 9.86. The molecule has 0 bridgehead atoms. The van der Waals surface area contributed by atoms with Gasteiger partial charge in [0.2, 0.25) is 0 Å². The molecule has 21 heavy (non-hydrogen) atoms. The second-order valence-corrected chi connectivity index (χ2v) is 5.86. The highest BCUT2D eigenvalue weighted by Gasteiger charge is 2.23. The number of benzene rings is 1. The van der Waals surface area contributed by atoms with Crippen LogP contribution in [0.1, 0.15) is 43.2 Å². The summed E-state index contributed by atoms with van der Waals surface area (Å²) < 4.78 is 11.0. The molecule has 0 aromatic heterocycles. The van der Waals surface area contributed by atoms with Crippen LogP contribution in [-0.4, -0.2) is 19.3 Å². The Bertz CT molecular complexity index is 514. The molecule has 1 aromatic carbocycles. The summed E-state index contributed by atoms with van der Waals surface area (Å²) in [5, 5.41) is 0. The summed E-state index contributed by atoms with van der Waals surface area (Å²) in [5.74, 6) is 0.992. The fraction of sp³-hybridized carbons (Fsp3) is 0.474. The van der Waals surface area contributed by atoms with Crippen LogP contribution in [0.4, 0.5) is 0 Å². The van der Waals surface area contributed by atoms with Crippen molar-refractivity contribution in [2.24, 2.45) is 5.92 Å². The summed E-state index contributed by atoms with van der Waals surface area (Å²) in [4.78, 5) is 0. The summed E-state index contributed by atoms with van der Waals surface area (Å²) >= 11 is 0. The van der Waals surface area contributed by atoms with Crippen LogP contribution in [0.3, 0.4) is 0 Å². The van der Waals surface area contributed by atoms with E-state index in [9.17, 15) is 0 Å². The Morgan fingerprint density at radius 2 is 2.24 bits per heavy atom. The van der Waals surface area contributed by atoms with E-state index in [1.807, 2.05) is 6.26 Å². The summed E-state index contributed by atoms with van der Waals surface area (Å²) in [6.45, 7) is 3.92. The van der Waals surface area contributed by atoms with Gasteiger partial charge in [-0.1, -0.05) is 43.3 Å². The van der Waals surface area contributed by atoms with Gasteiger partial charge in [-0.2, -0.15) is 0 Å². The Morgan fingerprint density at radius 3 is 3.00 bits per heavy atom. The lowest BCUT2D eigenvalue weighted by molar-refractivity contribution is -0.0618. The van der Waals surface area contributed by atoms with Crippen molar-refractivity contribution in [1.82, 2.24) is 0 Å². The molecular weight excluding hydrogens is 260 g/mol. The minimum absolute atomic E-state index is 0.435. The summed E-state index contributed by atoms with van der Waals surface area (Å²) in [5.41, 5.74) is 2.80. The van der Waals surface area contributed by atoms with Gasteiger partial charge in [-0.25, -0.2) is 0 Å². The average Bonchev–Trinajstić information content (AvgIpc) is 2.89. The standard InChI is InChI=1S/C19H24O2/c1-2-15(9-12-20-13-10-17-11-14-21-17)19-8-7-16-5-3-4-6-18(16)19/h3-9,12,15,17,19H,2,10-11,13-14H2,1H3. The number of ether oxygens (including phenoxy) is 2. The summed E-state index contributed by atoms with van der Waals surface area (Å²) in [6.07, 6.45) is 12.4. The van der Waals surface area contributed by atoms with Gasteiger partial charge >= 0.3 is 0 Å². The van der Waals surface area contributed by atoms with Crippen LogP contribution in [0.5, 0.6) is 0 Å².